The van der Waals surface area contributed by atoms with Gasteiger partial charge < -0.3 is 11.1 Å². The fraction of sp³-hybridized carbons (Fsp3) is 0.917. The normalized spacial score (nSPS) is 17.4. The molecule has 1 fully saturated rings. The zero-order chi connectivity index (χ0) is 13.4. The molecule has 0 aromatic carbocycles. The fourth-order valence-corrected chi connectivity index (χ4v) is 2.34. The van der Waals surface area contributed by atoms with Crippen LogP contribution in [0.25, 0.3) is 0 Å². The molecule has 0 aliphatic heterocycles. The molecule has 4 nitrogen and oxygen atoms in total. The van der Waals surface area contributed by atoms with Crippen LogP contribution in [0.4, 0.5) is 8.78 Å². The Morgan fingerprint density at radius 3 is 2.56 bits per heavy atom. The average Bonchev–Trinajstić information content (AvgIpc) is 2.29. The molecule has 0 aromatic heterocycles. The maximum Gasteiger partial charge on any atom is 0.251 e. The minimum absolute atomic E-state index is 0.0119. The molecule has 18 heavy (non-hydrogen) atoms. The number of carbonyl (C=O) groups is 1. The molecule has 1 saturated carbocycles. The van der Waals surface area contributed by atoms with Gasteiger partial charge in [0.15, 0.2) is 0 Å². The Morgan fingerprint density at radius 1 is 1.33 bits per heavy atom. The van der Waals surface area contributed by atoms with Gasteiger partial charge in [-0.05, 0) is 12.8 Å². The van der Waals surface area contributed by atoms with Gasteiger partial charge in [-0.3, -0.25) is 9.69 Å². The summed E-state index contributed by atoms with van der Waals surface area (Å²) in [7, 11) is 0. The van der Waals surface area contributed by atoms with Gasteiger partial charge in [0.2, 0.25) is 5.91 Å². The first-order valence-corrected chi connectivity index (χ1v) is 6.61. The van der Waals surface area contributed by atoms with Crippen LogP contribution in [-0.2, 0) is 4.79 Å². The molecule has 0 spiro atoms. The summed E-state index contributed by atoms with van der Waals surface area (Å²) in [6.07, 6.45) is 3.05. The van der Waals surface area contributed by atoms with Crippen LogP contribution in [0.15, 0.2) is 0 Å². The topological polar surface area (TPSA) is 58.4 Å². The van der Waals surface area contributed by atoms with Gasteiger partial charge in [0.05, 0.1) is 13.1 Å². The minimum Gasteiger partial charge on any atom is -0.352 e. The van der Waals surface area contributed by atoms with E-state index >= 15 is 0 Å². The third-order valence-electron chi connectivity index (χ3n) is 3.18. The van der Waals surface area contributed by atoms with Crippen molar-refractivity contribution in [2.45, 2.75) is 44.6 Å². The molecule has 0 saturated heterocycles. The summed E-state index contributed by atoms with van der Waals surface area (Å²) < 4.78 is 24.6. The summed E-state index contributed by atoms with van der Waals surface area (Å²) >= 11 is 0. The van der Waals surface area contributed by atoms with Crippen molar-refractivity contribution in [3.05, 3.63) is 0 Å². The van der Waals surface area contributed by atoms with Crippen LogP contribution >= 0.6 is 0 Å². The lowest BCUT2D eigenvalue weighted by Gasteiger charge is -2.25. The molecule has 1 rings (SSSR count). The van der Waals surface area contributed by atoms with Crippen molar-refractivity contribution in [3.63, 3.8) is 0 Å². The van der Waals surface area contributed by atoms with E-state index in [2.05, 4.69) is 5.32 Å². The lowest BCUT2D eigenvalue weighted by Crippen LogP contribution is -2.45. The van der Waals surface area contributed by atoms with Crippen molar-refractivity contribution in [2.75, 3.05) is 26.2 Å². The second-order valence-electron chi connectivity index (χ2n) is 4.82. The van der Waals surface area contributed by atoms with Crippen LogP contribution < -0.4 is 11.1 Å². The number of amides is 1. The summed E-state index contributed by atoms with van der Waals surface area (Å²) in [5.74, 6) is -0.170. The SMILES string of the molecule is NCCN(CC(=O)NC1CCCCC1)CC(F)F. The molecule has 0 aromatic rings. The zero-order valence-corrected chi connectivity index (χ0v) is 10.7. The molecule has 1 amide bonds. The van der Waals surface area contributed by atoms with Crippen molar-refractivity contribution < 1.29 is 13.6 Å². The molecule has 0 atom stereocenters. The van der Waals surface area contributed by atoms with E-state index in [9.17, 15) is 13.6 Å². The van der Waals surface area contributed by atoms with E-state index in [1.807, 2.05) is 0 Å². The van der Waals surface area contributed by atoms with E-state index in [1.54, 1.807) is 0 Å². The molecule has 0 unspecified atom stereocenters. The number of nitrogens with two attached hydrogens (primary N) is 1. The Balaban J connectivity index is 2.30. The highest BCUT2D eigenvalue weighted by atomic mass is 19.3. The third kappa shape index (κ3) is 6.26. The highest BCUT2D eigenvalue weighted by Crippen LogP contribution is 2.17. The largest absolute Gasteiger partial charge is 0.352 e. The molecule has 6 heteroatoms. The molecule has 3 N–H and O–H groups in total. The first-order valence-electron chi connectivity index (χ1n) is 6.61. The van der Waals surface area contributed by atoms with Gasteiger partial charge >= 0.3 is 0 Å². The van der Waals surface area contributed by atoms with Gasteiger partial charge in [-0.25, -0.2) is 8.78 Å². The van der Waals surface area contributed by atoms with E-state index in [0.29, 0.717) is 6.54 Å². The number of carbonyl (C=O) groups excluding carboxylic acids is 1. The number of nitrogens with zero attached hydrogens (tertiary/aromatic N) is 1. The Hall–Kier alpha value is -0.750. The lowest BCUT2D eigenvalue weighted by molar-refractivity contribution is -0.123. The van der Waals surface area contributed by atoms with E-state index in [4.69, 9.17) is 5.73 Å². The Bertz CT molecular complexity index is 245. The molecule has 0 radical (unpaired) electrons. The number of rotatable bonds is 7. The summed E-state index contributed by atoms with van der Waals surface area (Å²) in [5.41, 5.74) is 5.35. The zero-order valence-electron chi connectivity index (χ0n) is 10.7. The van der Waals surface area contributed by atoms with E-state index in [-0.39, 0.29) is 25.0 Å². The summed E-state index contributed by atoms with van der Waals surface area (Å²) in [6, 6.07) is 0.220. The molecule has 1 aliphatic carbocycles. The second kappa shape index (κ2) is 8.37. The van der Waals surface area contributed by atoms with Crippen molar-refractivity contribution in [2.24, 2.45) is 5.73 Å². The molecule has 106 valence electrons. The third-order valence-corrected chi connectivity index (χ3v) is 3.18. The predicted octanol–water partition coefficient (Wildman–Crippen LogP) is 0.961. The highest BCUT2D eigenvalue weighted by Gasteiger charge is 2.19. The monoisotopic (exact) mass is 263 g/mol. The molecule has 0 heterocycles. The van der Waals surface area contributed by atoms with Crippen molar-refractivity contribution >= 4 is 5.91 Å². The van der Waals surface area contributed by atoms with Crippen molar-refractivity contribution in [1.29, 1.82) is 0 Å². The number of hydrogen-bond donors (Lipinski definition) is 2. The Kier molecular flexibility index (Phi) is 7.12. The van der Waals surface area contributed by atoms with Crippen LogP contribution in [0.2, 0.25) is 0 Å². The smallest absolute Gasteiger partial charge is 0.251 e. The summed E-state index contributed by atoms with van der Waals surface area (Å²) in [5, 5.41) is 2.91. The van der Waals surface area contributed by atoms with Crippen LogP contribution in [0.1, 0.15) is 32.1 Å². The fourth-order valence-electron chi connectivity index (χ4n) is 2.34. The van der Waals surface area contributed by atoms with Crippen LogP contribution in [0.3, 0.4) is 0 Å². The van der Waals surface area contributed by atoms with Gasteiger partial charge in [-0.15, -0.1) is 0 Å². The van der Waals surface area contributed by atoms with Crippen LogP contribution in [0.5, 0.6) is 0 Å². The standard InChI is InChI=1S/C12H23F2N3O/c13-11(14)8-17(7-6-15)9-12(18)16-10-4-2-1-3-5-10/h10-11H,1-9,15H2,(H,16,18). The maximum atomic E-state index is 12.3. The van der Waals surface area contributed by atoms with Crippen molar-refractivity contribution in [3.8, 4) is 0 Å². The summed E-state index contributed by atoms with van der Waals surface area (Å²) in [6.45, 7) is 0.221. The van der Waals surface area contributed by atoms with E-state index in [1.165, 1.54) is 11.3 Å². The van der Waals surface area contributed by atoms with Crippen LogP contribution in [-0.4, -0.2) is 49.5 Å². The van der Waals surface area contributed by atoms with Gasteiger partial charge in [-0.2, -0.15) is 0 Å². The Morgan fingerprint density at radius 2 is 2.00 bits per heavy atom. The second-order valence-corrected chi connectivity index (χ2v) is 4.82. The maximum absolute atomic E-state index is 12.3. The van der Waals surface area contributed by atoms with E-state index < -0.39 is 13.0 Å². The van der Waals surface area contributed by atoms with Gasteiger partial charge in [0, 0.05) is 19.1 Å². The number of alkyl halides is 2. The molecule has 1 aliphatic rings. The number of nitrogens with one attached hydrogen (secondary N) is 1. The predicted molar refractivity (Wildman–Crippen MR) is 66.5 cm³/mol. The first-order chi connectivity index (χ1) is 8.61. The molecule has 0 bridgehead atoms. The summed E-state index contributed by atoms with van der Waals surface area (Å²) in [4.78, 5) is 13.1. The highest BCUT2D eigenvalue weighted by molar-refractivity contribution is 5.78. The quantitative estimate of drug-likeness (QED) is 0.719. The number of halogens is 2. The average molecular weight is 263 g/mol. The van der Waals surface area contributed by atoms with E-state index in [0.717, 1.165) is 25.7 Å². The van der Waals surface area contributed by atoms with Crippen LogP contribution in [0, 0.1) is 0 Å². The van der Waals surface area contributed by atoms with Gasteiger partial charge in [-0.1, -0.05) is 19.3 Å². The first kappa shape index (κ1) is 15.3. The Labute approximate surface area is 107 Å². The molecular weight excluding hydrogens is 240 g/mol. The van der Waals surface area contributed by atoms with Gasteiger partial charge in [0.25, 0.3) is 6.43 Å². The molecular formula is C12H23F2N3O. The van der Waals surface area contributed by atoms with Crippen molar-refractivity contribution in [1.82, 2.24) is 10.2 Å². The van der Waals surface area contributed by atoms with Gasteiger partial charge in [0.1, 0.15) is 0 Å². The number of hydrogen-bond acceptors (Lipinski definition) is 3. The lowest BCUT2D eigenvalue weighted by atomic mass is 9.95. The minimum atomic E-state index is -2.43.